The van der Waals surface area contributed by atoms with Gasteiger partial charge in [-0.3, -0.25) is 14.8 Å². The molecule has 1 aromatic carbocycles. The van der Waals surface area contributed by atoms with E-state index in [-0.39, 0.29) is 0 Å². The standard InChI is InChI=1S/C23H26N6OS/c1-2-18(11-17-13-24-12-16(1)17)27-22-21-19-3-4-29(6-5-28-7-9-30-10-8-28)14-20(19)31-23(21)26-15-25-22/h1-2,11,13,15H,3-10,12,14H2,(H,25,26,27). The lowest BCUT2D eigenvalue weighted by Gasteiger charge is -2.31. The first-order valence-electron chi connectivity index (χ1n) is 11.0. The van der Waals surface area contributed by atoms with Gasteiger partial charge in [-0.1, -0.05) is 6.07 Å². The van der Waals surface area contributed by atoms with Crippen LogP contribution in [0.1, 0.15) is 21.6 Å². The molecule has 8 heteroatoms. The van der Waals surface area contributed by atoms with Gasteiger partial charge in [0.05, 0.1) is 25.1 Å². The lowest BCUT2D eigenvalue weighted by Crippen LogP contribution is -2.42. The van der Waals surface area contributed by atoms with Crippen molar-refractivity contribution in [3.63, 3.8) is 0 Å². The average Bonchev–Trinajstić information content (AvgIpc) is 3.42. The van der Waals surface area contributed by atoms with E-state index in [1.165, 1.54) is 27.0 Å². The minimum Gasteiger partial charge on any atom is -0.379 e. The van der Waals surface area contributed by atoms with Crippen LogP contribution in [0.4, 0.5) is 11.5 Å². The second kappa shape index (κ2) is 8.27. The molecule has 0 saturated carbocycles. The van der Waals surface area contributed by atoms with Crippen LogP contribution in [0.25, 0.3) is 10.2 Å². The topological polar surface area (TPSA) is 65.9 Å². The van der Waals surface area contributed by atoms with E-state index in [9.17, 15) is 0 Å². The smallest absolute Gasteiger partial charge is 0.142 e. The Morgan fingerprint density at radius 2 is 1.97 bits per heavy atom. The largest absolute Gasteiger partial charge is 0.379 e. The predicted octanol–water partition coefficient (Wildman–Crippen LogP) is 3.06. The average molecular weight is 435 g/mol. The van der Waals surface area contributed by atoms with E-state index in [1.54, 1.807) is 6.33 Å². The van der Waals surface area contributed by atoms with E-state index >= 15 is 0 Å². The summed E-state index contributed by atoms with van der Waals surface area (Å²) in [5.74, 6) is 0.916. The fourth-order valence-corrected chi connectivity index (χ4v) is 5.92. The van der Waals surface area contributed by atoms with Crippen molar-refractivity contribution in [1.29, 1.82) is 0 Å². The molecule has 3 aromatic rings. The molecule has 1 saturated heterocycles. The number of aliphatic imine (C=N–C) groups is 1. The maximum Gasteiger partial charge on any atom is 0.142 e. The van der Waals surface area contributed by atoms with Crippen LogP contribution in [0.2, 0.25) is 0 Å². The van der Waals surface area contributed by atoms with Crippen molar-refractivity contribution in [3.8, 4) is 0 Å². The maximum atomic E-state index is 5.47. The van der Waals surface area contributed by atoms with Gasteiger partial charge in [0.2, 0.25) is 0 Å². The van der Waals surface area contributed by atoms with Crippen LogP contribution < -0.4 is 5.32 Å². The van der Waals surface area contributed by atoms with Crippen LogP contribution in [-0.2, 0) is 24.2 Å². The fraction of sp³-hybridized carbons (Fsp3) is 0.435. The van der Waals surface area contributed by atoms with Crippen molar-refractivity contribution in [2.75, 3.05) is 51.3 Å². The summed E-state index contributed by atoms with van der Waals surface area (Å²) in [6.07, 6.45) is 4.68. The van der Waals surface area contributed by atoms with Gasteiger partial charge < -0.3 is 10.1 Å². The zero-order valence-electron chi connectivity index (χ0n) is 17.5. The highest BCUT2D eigenvalue weighted by atomic mass is 32.1. The molecule has 7 nitrogen and oxygen atoms in total. The molecule has 0 unspecified atom stereocenters. The Kier molecular flexibility index (Phi) is 5.15. The number of thiophene rings is 1. The maximum absolute atomic E-state index is 5.47. The van der Waals surface area contributed by atoms with Gasteiger partial charge in [0, 0.05) is 56.0 Å². The van der Waals surface area contributed by atoms with E-state index in [0.29, 0.717) is 0 Å². The van der Waals surface area contributed by atoms with E-state index in [4.69, 9.17) is 4.74 Å². The molecule has 0 atom stereocenters. The van der Waals surface area contributed by atoms with Crippen molar-refractivity contribution in [2.45, 2.75) is 19.5 Å². The zero-order chi connectivity index (χ0) is 20.6. The van der Waals surface area contributed by atoms with Crippen molar-refractivity contribution in [3.05, 3.63) is 46.1 Å². The number of nitrogens with one attached hydrogen (secondary N) is 1. The highest BCUT2D eigenvalue weighted by Gasteiger charge is 2.24. The molecule has 31 heavy (non-hydrogen) atoms. The van der Waals surface area contributed by atoms with Gasteiger partial charge in [0.25, 0.3) is 0 Å². The Morgan fingerprint density at radius 3 is 2.90 bits per heavy atom. The molecule has 1 N–H and O–H groups in total. The number of anilines is 2. The minimum absolute atomic E-state index is 0.785. The third-order valence-electron chi connectivity index (χ3n) is 6.45. The number of morpholine rings is 1. The molecule has 3 aliphatic heterocycles. The Labute approximate surface area is 185 Å². The summed E-state index contributed by atoms with van der Waals surface area (Å²) in [5.41, 5.74) is 4.95. The summed E-state index contributed by atoms with van der Waals surface area (Å²) < 4.78 is 5.47. The Hall–Kier alpha value is -2.39. The van der Waals surface area contributed by atoms with E-state index in [1.807, 2.05) is 17.6 Å². The van der Waals surface area contributed by atoms with Crippen LogP contribution in [-0.4, -0.2) is 71.9 Å². The SMILES string of the molecule is C1=NCc2ccc(Nc3ncnc4sc5c(c34)CCN(CCN3CCOCC3)C5)cc21. The quantitative estimate of drug-likeness (QED) is 0.666. The lowest BCUT2D eigenvalue weighted by molar-refractivity contribution is 0.0327. The summed E-state index contributed by atoms with van der Waals surface area (Å²) in [6.45, 7) is 8.97. The molecule has 0 aliphatic carbocycles. The summed E-state index contributed by atoms with van der Waals surface area (Å²) in [7, 11) is 0. The highest BCUT2D eigenvalue weighted by Crippen LogP contribution is 2.38. The third-order valence-corrected chi connectivity index (χ3v) is 7.58. The number of hydrogen-bond donors (Lipinski definition) is 1. The fourth-order valence-electron chi connectivity index (χ4n) is 4.69. The first kappa shape index (κ1) is 19.3. The van der Waals surface area contributed by atoms with Gasteiger partial charge >= 0.3 is 0 Å². The first-order chi connectivity index (χ1) is 15.3. The van der Waals surface area contributed by atoms with E-state index in [0.717, 1.165) is 81.8 Å². The van der Waals surface area contributed by atoms with Gasteiger partial charge in [-0.05, 0) is 35.2 Å². The van der Waals surface area contributed by atoms with Gasteiger partial charge in [-0.25, -0.2) is 9.97 Å². The number of aromatic nitrogens is 2. The molecule has 1 fully saturated rings. The second-order valence-electron chi connectivity index (χ2n) is 8.39. The molecule has 0 bridgehead atoms. The highest BCUT2D eigenvalue weighted by molar-refractivity contribution is 7.19. The number of benzene rings is 1. The number of hydrogen-bond acceptors (Lipinski definition) is 8. The predicted molar refractivity (Wildman–Crippen MR) is 125 cm³/mol. The summed E-state index contributed by atoms with van der Waals surface area (Å²) in [6, 6.07) is 6.43. The molecule has 3 aliphatic rings. The zero-order valence-corrected chi connectivity index (χ0v) is 18.3. The van der Waals surface area contributed by atoms with Gasteiger partial charge in [0.15, 0.2) is 0 Å². The summed E-state index contributed by atoms with van der Waals surface area (Å²) in [5, 5.41) is 4.75. The molecular formula is C23H26N6OS. The van der Waals surface area contributed by atoms with Crippen LogP contribution in [0, 0.1) is 0 Å². The molecule has 0 amide bonds. The number of nitrogens with zero attached hydrogens (tertiary/aromatic N) is 5. The van der Waals surface area contributed by atoms with Crippen molar-refractivity contribution < 1.29 is 4.74 Å². The molecule has 5 heterocycles. The first-order valence-corrected chi connectivity index (χ1v) is 11.8. The van der Waals surface area contributed by atoms with E-state index in [2.05, 4.69) is 48.3 Å². The number of ether oxygens (including phenoxy) is 1. The lowest BCUT2D eigenvalue weighted by atomic mass is 10.0. The number of rotatable bonds is 5. The Bertz CT molecular complexity index is 1140. The minimum atomic E-state index is 0.785. The molecular weight excluding hydrogens is 408 g/mol. The molecule has 2 aromatic heterocycles. The Morgan fingerprint density at radius 1 is 1.06 bits per heavy atom. The molecule has 0 spiro atoms. The van der Waals surface area contributed by atoms with Gasteiger partial charge in [-0.2, -0.15) is 0 Å². The molecule has 6 rings (SSSR count). The monoisotopic (exact) mass is 434 g/mol. The van der Waals surface area contributed by atoms with Crippen LogP contribution >= 0.6 is 11.3 Å². The molecule has 160 valence electrons. The normalized spacial score (nSPS) is 19.0. The van der Waals surface area contributed by atoms with Crippen LogP contribution in [0.5, 0.6) is 0 Å². The summed E-state index contributed by atoms with van der Waals surface area (Å²) >= 11 is 1.82. The van der Waals surface area contributed by atoms with Crippen LogP contribution in [0.15, 0.2) is 29.5 Å². The second-order valence-corrected chi connectivity index (χ2v) is 9.48. The molecule has 0 radical (unpaired) electrons. The van der Waals surface area contributed by atoms with Crippen LogP contribution in [0.3, 0.4) is 0 Å². The van der Waals surface area contributed by atoms with Gasteiger partial charge in [0.1, 0.15) is 17.0 Å². The van der Waals surface area contributed by atoms with E-state index < -0.39 is 0 Å². The van der Waals surface area contributed by atoms with Crippen molar-refractivity contribution in [1.82, 2.24) is 19.8 Å². The third kappa shape index (κ3) is 3.85. The van der Waals surface area contributed by atoms with Crippen molar-refractivity contribution in [2.24, 2.45) is 4.99 Å². The van der Waals surface area contributed by atoms with Gasteiger partial charge in [-0.15, -0.1) is 11.3 Å². The summed E-state index contributed by atoms with van der Waals surface area (Å²) in [4.78, 5) is 21.2. The number of fused-ring (bicyclic) bond motifs is 4. The van der Waals surface area contributed by atoms with Crippen molar-refractivity contribution >= 4 is 39.3 Å². The Balaban J connectivity index is 1.21.